The van der Waals surface area contributed by atoms with E-state index in [0.29, 0.717) is 5.75 Å². The molecule has 1 amide bonds. The highest BCUT2D eigenvalue weighted by Crippen LogP contribution is 2.30. The van der Waals surface area contributed by atoms with Crippen LogP contribution in [0.1, 0.15) is 33.5 Å². The number of aliphatic carboxylic acids is 1. The molecule has 0 aliphatic rings. The molecule has 220 valence electrons. The van der Waals surface area contributed by atoms with Crippen molar-refractivity contribution in [3.8, 4) is 11.1 Å². The number of halogens is 3. The van der Waals surface area contributed by atoms with Gasteiger partial charge in [0.05, 0.1) is 17.2 Å². The number of amides is 1. The van der Waals surface area contributed by atoms with E-state index in [1.165, 1.54) is 23.9 Å². The molecule has 9 heteroatoms. The van der Waals surface area contributed by atoms with Crippen LogP contribution >= 0.6 is 11.8 Å². The van der Waals surface area contributed by atoms with Crippen molar-refractivity contribution in [3.63, 3.8) is 0 Å². The number of nitrogens with one attached hydrogen (secondary N) is 1. The van der Waals surface area contributed by atoms with Crippen LogP contribution in [0.5, 0.6) is 0 Å². The number of alkyl halides is 3. The Bertz CT molecular complexity index is 1590. The number of carboxylic acid groups (broad SMARTS) is 1. The van der Waals surface area contributed by atoms with Gasteiger partial charge in [-0.3, -0.25) is 14.4 Å². The maximum absolute atomic E-state index is 13.4. The Balaban J connectivity index is 1.55. The predicted molar refractivity (Wildman–Crippen MR) is 162 cm³/mol. The monoisotopic (exact) mass is 603 g/mol. The lowest BCUT2D eigenvalue weighted by Gasteiger charge is -2.15. The molecule has 0 aliphatic heterocycles. The molecule has 0 saturated carbocycles. The maximum atomic E-state index is 13.4. The molecule has 0 saturated heterocycles. The van der Waals surface area contributed by atoms with Gasteiger partial charge in [-0.1, -0.05) is 84.9 Å². The largest absolute Gasteiger partial charge is 0.481 e. The first kappa shape index (κ1) is 31.3. The van der Waals surface area contributed by atoms with Crippen molar-refractivity contribution in [2.75, 3.05) is 5.75 Å². The van der Waals surface area contributed by atoms with Crippen LogP contribution in [-0.2, 0) is 21.5 Å². The number of hydrogen-bond acceptors (Lipinski definition) is 4. The van der Waals surface area contributed by atoms with E-state index >= 15 is 0 Å². The predicted octanol–water partition coefficient (Wildman–Crippen LogP) is 7.74. The van der Waals surface area contributed by atoms with Crippen molar-refractivity contribution in [1.29, 1.82) is 0 Å². The van der Waals surface area contributed by atoms with Gasteiger partial charge in [0.2, 0.25) is 0 Å². The summed E-state index contributed by atoms with van der Waals surface area (Å²) in [6.45, 7) is 0. The lowest BCUT2D eigenvalue weighted by molar-refractivity contribution is -0.142. The number of carbonyl (C=O) groups excluding carboxylic acids is 2. The Morgan fingerprint density at radius 2 is 1.44 bits per heavy atom. The summed E-state index contributed by atoms with van der Waals surface area (Å²) in [5.41, 5.74) is 1.84. The zero-order valence-corrected chi connectivity index (χ0v) is 23.7. The summed E-state index contributed by atoms with van der Waals surface area (Å²) in [5.74, 6) is -2.96. The number of thioether (sulfide) groups is 1. The van der Waals surface area contributed by atoms with Crippen molar-refractivity contribution < 1.29 is 32.7 Å². The van der Waals surface area contributed by atoms with Gasteiger partial charge in [-0.25, -0.2) is 0 Å². The average molecular weight is 604 g/mol. The molecule has 1 atom stereocenters. The first-order chi connectivity index (χ1) is 20.6. The fourth-order valence-corrected chi connectivity index (χ4v) is 5.33. The summed E-state index contributed by atoms with van der Waals surface area (Å²) in [6.07, 6.45) is -3.92. The number of rotatable bonds is 12. The second-order valence-corrected chi connectivity index (χ2v) is 10.8. The van der Waals surface area contributed by atoms with Gasteiger partial charge >= 0.3 is 12.1 Å². The second-order valence-electron chi connectivity index (χ2n) is 9.74. The van der Waals surface area contributed by atoms with E-state index in [1.54, 1.807) is 24.3 Å². The van der Waals surface area contributed by atoms with E-state index in [-0.39, 0.29) is 22.6 Å². The van der Waals surface area contributed by atoms with E-state index in [9.17, 15) is 32.7 Å². The fourth-order valence-electron chi connectivity index (χ4n) is 4.24. The zero-order valence-electron chi connectivity index (χ0n) is 22.9. The molecule has 0 spiro atoms. The number of Topliss-reactive ketones (excluding diaryl/α,β-unsaturated/α-hetero) is 1. The minimum Gasteiger partial charge on any atom is -0.481 e. The minimum atomic E-state index is -4.61. The Hall–Kier alpha value is -4.63. The number of allylic oxidation sites excluding steroid dienone is 1. The van der Waals surface area contributed by atoms with Gasteiger partial charge < -0.3 is 10.4 Å². The third-order valence-corrected chi connectivity index (χ3v) is 7.71. The third-order valence-electron chi connectivity index (χ3n) is 6.54. The lowest BCUT2D eigenvalue weighted by atomic mass is 10.0. The highest BCUT2D eigenvalue weighted by atomic mass is 32.2. The van der Waals surface area contributed by atoms with Gasteiger partial charge in [0.25, 0.3) is 5.91 Å². The summed E-state index contributed by atoms with van der Waals surface area (Å²) < 4.78 is 40.0. The number of carboxylic acids is 1. The van der Waals surface area contributed by atoms with E-state index < -0.39 is 41.7 Å². The minimum absolute atomic E-state index is 0.0308. The summed E-state index contributed by atoms with van der Waals surface area (Å²) in [6, 6.07) is 29.9. The smallest absolute Gasteiger partial charge is 0.416 e. The number of ketones is 1. The Morgan fingerprint density at radius 1 is 0.814 bits per heavy atom. The standard InChI is InChI=1S/C34H28F3NO4S/c35-34(36,37)29-13-7-10-24(18-29)19-30(31(39)20-28(33(41)42)22-43-21-23-8-3-1-4-9-23)38-32(40)27-16-14-26(15-17-27)25-11-5-2-6-12-25/h1-19,28H,20-22H2,(H,38,40)(H,41,42)/b30-19+/t28-/m0/s1. The Labute approximate surface area is 251 Å². The van der Waals surface area contributed by atoms with Crippen LogP contribution in [0.4, 0.5) is 13.2 Å². The van der Waals surface area contributed by atoms with E-state index in [0.717, 1.165) is 34.9 Å². The van der Waals surface area contributed by atoms with Crippen LogP contribution < -0.4 is 5.32 Å². The van der Waals surface area contributed by atoms with Crippen molar-refractivity contribution in [1.82, 2.24) is 5.32 Å². The van der Waals surface area contributed by atoms with Crippen LogP contribution in [0.15, 0.2) is 115 Å². The summed E-state index contributed by atoms with van der Waals surface area (Å²) in [4.78, 5) is 38.6. The van der Waals surface area contributed by atoms with Crippen LogP contribution in [-0.4, -0.2) is 28.5 Å². The van der Waals surface area contributed by atoms with Gasteiger partial charge in [0.1, 0.15) is 0 Å². The lowest BCUT2D eigenvalue weighted by Crippen LogP contribution is -2.30. The van der Waals surface area contributed by atoms with Crippen LogP contribution in [0.2, 0.25) is 0 Å². The molecule has 4 aromatic rings. The molecule has 5 nitrogen and oxygen atoms in total. The second kappa shape index (κ2) is 14.5. The van der Waals surface area contributed by atoms with Crippen LogP contribution in [0.3, 0.4) is 0 Å². The van der Waals surface area contributed by atoms with Gasteiger partial charge in [-0.15, -0.1) is 0 Å². The number of benzene rings is 4. The van der Waals surface area contributed by atoms with Crippen molar-refractivity contribution in [2.45, 2.75) is 18.3 Å². The fraction of sp³-hybridized carbons (Fsp3) is 0.147. The Kier molecular flexibility index (Phi) is 10.6. The molecule has 0 aromatic heterocycles. The summed E-state index contributed by atoms with van der Waals surface area (Å²) in [7, 11) is 0. The van der Waals surface area contributed by atoms with Crippen molar-refractivity contribution >= 4 is 35.5 Å². The number of hydrogen-bond donors (Lipinski definition) is 2. The van der Waals surface area contributed by atoms with Gasteiger partial charge in [0, 0.05) is 23.5 Å². The number of carbonyl (C=O) groups is 3. The molecular weight excluding hydrogens is 575 g/mol. The topological polar surface area (TPSA) is 83.5 Å². The molecule has 0 bridgehead atoms. The third kappa shape index (κ3) is 9.18. The molecule has 0 heterocycles. The molecule has 0 fully saturated rings. The molecule has 0 unspecified atom stereocenters. The molecule has 0 aliphatic carbocycles. The highest BCUT2D eigenvalue weighted by molar-refractivity contribution is 7.98. The molecule has 43 heavy (non-hydrogen) atoms. The molecular formula is C34H28F3NO4S. The van der Waals surface area contributed by atoms with E-state index in [1.807, 2.05) is 60.7 Å². The Morgan fingerprint density at radius 3 is 2.07 bits per heavy atom. The van der Waals surface area contributed by atoms with Crippen molar-refractivity contribution in [3.05, 3.63) is 137 Å². The van der Waals surface area contributed by atoms with E-state index in [4.69, 9.17) is 0 Å². The van der Waals surface area contributed by atoms with Gasteiger partial charge in [-0.05, 0) is 52.6 Å². The van der Waals surface area contributed by atoms with Crippen LogP contribution in [0, 0.1) is 5.92 Å². The average Bonchev–Trinajstić information content (AvgIpc) is 3.01. The van der Waals surface area contributed by atoms with Gasteiger partial charge in [0.15, 0.2) is 5.78 Å². The quantitative estimate of drug-likeness (QED) is 0.162. The first-order valence-corrected chi connectivity index (χ1v) is 14.5. The van der Waals surface area contributed by atoms with E-state index in [2.05, 4.69) is 5.32 Å². The molecule has 4 aromatic carbocycles. The maximum Gasteiger partial charge on any atom is 0.416 e. The van der Waals surface area contributed by atoms with Gasteiger partial charge in [-0.2, -0.15) is 24.9 Å². The van der Waals surface area contributed by atoms with Crippen LogP contribution in [0.25, 0.3) is 17.2 Å². The highest BCUT2D eigenvalue weighted by Gasteiger charge is 2.30. The molecule has 2 N–H and O–H groups in total. The van der Waals surface area contributed by atoms with Crippen molar-refractivity contribution in [2.24, 2.45) is 5.92 Å². The summed E-state index contributed by atoms with van der Waals surface area (Å²) >= 11 is 1.35. The summed E-state index contributed by atoms with van der Waals surface area (Å²) in [5, 5.41) is 12.3. The normalized spacial score (nSPS) is 12.4. The molecule has 0 radical (unpaired) electrons. The first-order valence-electron chi connectivity index (χ1n) is 13.3. The zero-order chi connectivity index (χ0) is 30.8. The SMILES string of the molecule is O=C(C[C@@H](CSCc1ccccc1)C(=O)O)/C(=C\c1cccc(C(F)(F)F)c1)NC(=O)c1ccc(-c2ccccc2)cc1. The molecule has 4 rings (SSSR count).